The Bertz CT molecular complexity index is 968. The van der Waals surface area contributed by atoms with Crippen molar-refractivity contribution in [3.8, 4) is 0 Å². The number of carbonyl (C=O) groups excluding carboxylic acids is 1. The van der Waals surface area contributed by atoms with E-state index in [1.54, 1.807) is 18.2 Å². The maximum Gasteiger partial charge on any atom is 0.404 e. The van der Waals surface area contributed by atoms with E-state index in [-0.39, 0.29) is 25.1 Å². The molecular weight excluding hydrogens is 470 g/mol. The fraction of sp³-hybridized carbons (Fsp3) is 0.462. The number of nitrogens with one attached hydrogen (secondary N) is 3. The van der Waals surface area contributed by atoms with Crippen LogP contribution in [0.1, 0.15) is 46.9 Å². The van der Waals surface area contributed by atoms with Gasteiger partial charge in [-0.3, -0.25) is 4.79 Å². The quantitative estimate of drug-likeness (QED) is 0.328. The number of amides is 2. The maximum atomic E-state index is 13.2. The summed E-state index contributed by atoms with van der Waals surface area (Å²) in [6.07, 6.45) is 1.32. The fourth-order valence-corrected chi connectivity index (χ4v) is 4.52. The number of carbonyl (C=O) groups is 2. The molecule has 2 aromatic rings. The summed E-state index contributed by atoms with van der Waals surface area (Å²) in [7, 11) is 1.88. The van der Waals surface area contributed by atoms with Crippen molar-refractivity contribution in [1.82, 2.24) is 16.0 Å². The van der Waals surface area contributed by atoms with Gasteiger partial charge >= 0.3 is 6.09 Å². The number of hydrogen-bond acceptors (Lipinski definition) is 5. The first-order chi connectivity index (χ1) is 17.0. The lowest BCUT2D eigenvalue weighted by Crippen LogP contribution is -2.43. The summed E-state index contributed by atoms with van der Waals surface area (Å²) in [5, 5.41) is 18.0. The molecule has 0 aliphatic carbocycles. The summed E-state index contributed by atoms with van der Waals surface area (Å²) in [5.41, 5.74) is 2.14. The van der Waals surface area contributed by atoms with Crippen molar-refractivity contribution in [2.75, 3.05) is 40.0 Å². The van der Waals surface area contributed by atoms with E-state index in [2.05, 4.69) is 16.0 Å². The Kier molecular flexibility index (Phi) is 10.8. The Hall–Kier alpha value is -2.65. The van der Waals surface area contributed by atoms with Crippen LogP contribution >= 0.6 is 11.6 Å². The molecule has 1 heterocycles. The monoisotopic (exact) mass is 503 g/mol. The van der Waals surface area contributed by atoms with Crippen LogP contribution in [0.15, 0.2) is 48.5 Å². The van der Waals surface area contributed by atoms with Crippen LogP contribution in [0.5, 0.6) is 0 Å². The SMILES string of the molecule is CNC[C@H](CC1CCOCC1)NC(=O)c1cccc([C@@H](OCCNC(=O)O)c2cccc(Cl)c2)c1. The molecule has 0 radical (unpaired) electrons. The second kappa shape index (κ2) is 14.0. The van der Waals surface area contributed by atoms with Crippen molar-refractivity contribution >= 4 is 23.6 Å². The number of hydrogen-bond donors (Lipinski definition) is 4. The van der Waals surface area contributed by atoms with Crippen LogP contribution in [0, 0.1) is 5.92 Å². The van der Waals surface area contributed by atoms with Crippen molar-refractivity contribution in [1.29, 1.82) is 0 Å². The van der Waals surface area contributed by atoms with Gasteiger partial charge in [0.25, 0.3) is 5.91 Å². The molecule has 2 aromatic carbocycles. The number of rotatable bonds is 12. The molecule has 190 valence electrons. The molecule has 2 amide bonds. The second-order valence-electron chi connectivity index (χ2n) is 8.68. The molecule has 3 rings (SSSR count). The number of likely N-dealkylation sites (N-methyl/N-ethyl adjacent to an activating group) is 1. The van der Waals surface area contributed by atoms with Gasteiger partial charge in [0.05, 0.1) is 6.61 Å². The predicted octanol–water partition coefficient (Wildman–Crippen LogP) is 3.85. The number of halogens is 1. The first-order valence-corrected chi connectivity index (χ1v) is 12.3. The van der Waals surface area contributed by atoms with Gasteiger partial charge in [-0.2, -0.15) is 0 Å². The van der Waals surface area contributed by atoms with E-state index in [0.29, 0.717) is 23.0 Å². The van der Waals surface area contributed by atoms with E-state index in [9.17, 15) is 9.59 Å². The van der Waals surface area contributed by atoms with Crippen molar-refractivity contribution < 1.29 is 24.2 Å². The van der Waals surface area contributed by atoms with Crippen LogP contribution in [0.2, 0.25) is 5.02 Å². The molecule has 0 unspecified atom stereocenters. The van der Waals surface area contributed by atoms with Gasteiger partial charge in [0.2, 0.25) is 0 Å². The van der Waals surface area contributed by atoms with E-state index in [4.69, 9.17) is 26.2 Å². The van der Waals surface area contributed by atoms with Crippen LogP contribution in [0.3, 0.4) is 0 Å². The summed E-state index contributed by atoms with van der Waals surface area (Å²) < 4.78 is 11.5. The molecular formula is C26H34ClN3O5. The van der Waals surface area contributed by atoms with E-state index >= 15 is 0 Å². The molecule has 1 fully saturated rings. The molecule has 4 N–H and O–H groups in total. The maximum absolute atomic E-state index is 13.2. The Morgan fingerprint density at radius 2 is 1.86 bits per heavy atom. The van der Waals surface area contributed by atoms with Gasteiger partial charge in [-0.15, -0.1) is 0 Å². The van der Waals surface area contributed by atoms with Gasteiger partial charge < -0.3 is 30.5 Å². The van der Waals surface area contributed by atoms with Gasteiger partial charge in [0, 0.05) is 42.9 Å². The Balaban J connectivity index is 1.74. The van der Waals surface area contributed by atoms with Crippen LogP contribution in [-0.4, -0.2) is 63.1 Å². The highest BCUT2D eigenvalue weighted by atomic mass is 35.5. The van der Waals surface area contributed by atoms with Crippen molar-refractivity contribution in [3.63, 3.8) is 0 Å². The zero-order valence-electron chi connectivity index (χ0n) is 20.0. The van der Waals surface area contributed by atoms with Crippen molar-refractivity contribution in [2.24, 2.45) is 5.92 Å². The lowest BCUT2D eigenvalue weighted by Gasteiger charge is -2.27. The molecule has 0 saturated carbocycles. The third-order valence-electron chi connectivity index (χ3n) is 6.01. The number of benzene rings is 2. The molecule has 9 heteroatoms. The minimum atomic E-state index is -1.11. The van der Waals surface area contributed by atoms with Gasteiger partial charge in [0.15, 0.2) is 0 Å². The van der Waals surface area contributed by atoms with E-state index in [0.717, 1.165) is 43.6 Å². The van der Waals surface area contributed by atoms with E-state index in [1.165, 1.54) is 0 Å². The lowest BCUT2D eigenvalue weighted by atomic mass is 9.92. The molecule has 8 nitrogen and oxygen atoms in total. The molecule has 0 bridgehead atoms. The van der Waals surface area contributed by atoms with Crippen molar-refractivity contribution in [2.45, 2.75) is 31.4 Å². The zero-order chi connectivity index (χ0) is 25.0. The molecule has 0 spiro atoms. The number of carboxylic acid groups (broad SMARTS) is 1. The minimum absolute atomic E-state index is 0.0151. The highest BCUT2D eigenvalue weighted by molar-refractivity contribution is 6.30. The summed E-state index contributed by atoms with van der Waals surface area (Å²) in [6, 6.07) is 14.6. The predicted molar refractivity (Wildman–Crippen MR) is 135 cm³/mol. The Labute approximate surface area is 211 Å². The van der Waals surface area contributed by atoms with Gasteiger partial charge in [-0.05, 0) is 67.6 Å². The van der Waals surface area contributed by atoms with Crippen LogP contribution in [0.25, 0.3) is 0 Å². The lowest BCUT2D eigenvalue weighted by molar-refractivity contribution is 0.0598. The van der Waals surface area contributed by atoms with Gasteiger partial charge in [-0.25, -0.2) is 4.79 Å². The smallest absolute Gasteiger partial charge is 0.404 e. The average molecular weight is 504 g/mol. The topological polar surface area (TPSA) is 109 Å². The summed E-state index contributed by atoms with van der Waals surface area (Å²) in [4.78, 5) is 23.9. The third kappa shape index (κ3) is 8.81. The van der Waals surface area contributed by atoms with Crippen LogP contribution < -0.4 is 16.0 Å². The minimum Gasteiger partial charge on any atom is -0.465 e. The standard InChI is InChI=1S/C26H34ClN3O5/c1-28-17-23(14-18-8-11-34-12-9-18)30-25(31)21-6-2-4-19(15-21)24(35-13-10-29-26(32)33)20-5-3-7-22(27)16-20/h2-7,15-16,18,23-24,28-29H,8-14,17H2,1H3,(H,30,31)(H,32,33)/t23-,24+/m0/s1. The first kappa shape index (κ1) is 26.9. The normalized spacial score (nSPS) is 15.8. The average Bonchev–Trinajstić information content (AvgIpc) is 2.84. The summed E-state index contributed by atoms with van der Waals surface area (Å²) in [5.74, 6) is 0.394. The van der Waals surface area contributed by atoms with E-state index in [1.807, 2.05) is 37.4 Å². The molecule has 1 aliphatic rings. The largest absolute Gasteiger partial charge is 0.465 e. The van der Waals surface area contributed by atoms with Crippen molar-refractivity contribution in [3.05, 3.63) is 70.2 Å². The zero-order valence-corrected chi connectivity index (χ0v) is 20.7. The Morgan fingerprint density at radius 1 is 1.14 bits per heavy atom. The second-order valence-corrected chi connectivity index (χ2v) is 9.12. The molecule has 1 aliphatic heterocycles. The first-order valence-electron chi connectivity index (χ1n) is 11.9. The van der Waals surface area contributed by atoms with E-state index < -0.39 is 12.2 Å². The Morgan fingerprint density at radius 3 is 2.54 bits per heavy atom. The molecule has 35 heavy (non-hydrogen) atoms. The third-order valence-corrected chi connectivity index (χ3v) is 6.25. The highest BCUT2D eigenvalue weighted by Crippen LogP contribution is 2.28. The van der Waals surface area contributed by atoms with Crippen LogP contribution in [0.4, 0.5) is 4.79 Å². The summed E-state index contributed by atoms with van der Waals surface area (Å²) in [6.45, 7) is 2.55. The molecule has 2 atom stereocenters. The highest BCUT2D eigenvalue weighted by Gasteiger charge is 2.22. The summed E-state index contributed by atoms with van der Waals surface area (Å²) >= 11 is 6.20. The van der Waals surface area contributed by atoms with Gasteiger partial charge in [-0.1, -0.05) is 35.9 Å². The molecule has 1 saturated heterocycles. The number of ether oxygens (including phenoxy) is 2. The van der Waals surface area contributed by atoms with Crippen LogP contribution in [-0.2, 0) is 9.47 Å². The van der Waals surface area contributed by atoms with Gasteiger partial charge in [0.1, 0.15) is 6.10 Å². The molecule has 0 aromatic heterocycles. The fourth-order valence-electron chi connectivity index (χ4n) is 4.33.